The summed E-state index contributed by atoms with van der Waals surface area (Å²) in [5, 5.41) is 13.1. The molecule has 0 fully saturated rings. The van der Waals surface area contributed by atoms with Crippen LogP contribution >= 0.6 is 12.2 Å². The Balaban J connectivity index is 1.61. The van der Waals surface area contributed by atoms with Gasteiger partial charge in [0.1, 0.15) is 17.0 Å². The zero-order valence-corrected chi connectivity index (χ0v) is 14.3. The summed E-state index contributed by atoms with van der Waals surface area (Å²) < 4.78 is 15.4. The van der Waals surface area contributed by atoms with Crippen molar-refractivity contribution in [3.05, 3.63) is 64.2 Å². The molecule has 0 saturated carbocycles. The second-order valence-corrected chi connectivity index (χ2v) is 6.27. The smallest absolute Gasteiger partial charge is 0.128 e. The number of benzene rings is 1. The van der Waals surface area contributed by atoms with Gasteiger partial charge < -0.3 is 0 Å². The van der Waals surface area contributed by atoms with Crippen LogP contribution in [-0.4, -0.2) is 26.2 Å². The molecule has 7 heteroatoms. The average Bonchev–Trinajstić information content (AvgIpc) is 3.08. The lowest BCUT2D eigenvalue weighted by Gasteiger charge is -2.08. The van der Waals surface area contributed by atoms with Crippen LogP contribution < -0.4 is 0 Å². The predicted molar refractivity (Wildman–Crippen MR) is 98.0 cm³/mol. The number of halogens is 1. The summed E-state index contributed by atoms with van der Waals surface area (Å²) in [6, 6.07) is 10.2. The van der Waals surface area contributed by atoms with E-state index in [0.29, 0.717) is 23.0 Å². The topological polar surface area (TPSA) is 55.4 Å². The van der Waals surface area contributed by atoms with Gasteiger partial charge in [0.05, 0.1) is 21.5 Å². The SMILES string of the molecule is Cn1nc(C2=NN=C(Cc3ccc(F)cc3)C2)c(=S)c2ncccc21. The minimum atomic E-state index is -0.245. The number of aromatic nitrogens is 3. The number of fused-ring (bicyclic) bond motifs is 1. The molecule has 0 N–H and O–H groups in total. The van der Waals surface area contributed by atoms with Crippen molar-refractivity contribution in [2.45, 2.75) is 12.8 Å². The summed E-state index contributed by atoms with van der Waals surface area (Å²) >= 11 is 5.56. The standard InChI is InChI=1S/C18H14FN5S/c1-24-15-3-2-8-20-17(15)18(25)16(23-24)14-10-13(21-22-14)9-11-4-6-12(19)7-5-11/h2-8H,9-10H2,1H3. The van der Waals surface area contributed by atoms with Gasteiger partial charge in [0.25, 0.3) is 0 Å². The van der Waals surface area contributed by atoms with Gasteiger partial charge in [-0.05, 0) is 29.8 Å². The van der Waals surface area contributed by atoms with Gasteiger partial charge in [-0.3, -0.25) is 9.67 Å². The van der Waals surface area contributed by atoms with Crippen molar-refractivity contribution in [2.75, 3.05) is 0 Å². The molecule has 0 unspecified atom stereocenters. The summed E-state index contributed by atoms with van der Waals surface area (Å²) in [5.74, 6) is -0.245. The molecule has 0 atom stereocenters. The first-order valence-electron chi connectivity index (χ1n) is 7.81. The molecule has 1 aliphatic rings. The van der Waals surface area contributed by atoms with E-state index in [1.165, 1.54) is 12.1 Å². The number of hydrogen-bond acceptors (Lipinski definition) is 5. The fourth-order valence-electron chi connectivity index (χ4n) is 2.84. The Hall–Kier alpha value is -2.80. The Kier molecular flexibility index (Phi) is 3.93. The van der Waals surface area contributed by atoms with E-state index in [2.05, 4.69) is 20.3 Å². The number of pyridine rings is 1. The second-order valence-electron chi connectivity index (χ2n) is 5.87. The van der Waals surface area contributed by atoms with Crippen LogP contribution in [0.1, 0.15) is 17.7 Å². The van der Waals surface area contributed by atoms with Gasteiger partial charge in [0.2, 0.25) is 0 Å². The van der Waals surface area contributed by atoms with Crippen LogP contribution in [0.15, 0.2) is 52.8 Å². The molecule has 0 aliphatic carbocycles. The summed E-state index contributed by atoms with van der Waals surface area (Å²) in [7, 11) is 1.86. The molecule has 3 aromatic rings. The van der Waals surface area contributed by atoms with E-state index >= 15 is 0 Å². The third kappa shape index (κ3) is 2.98. The Labute approximate surface area is 148 Å². The summed E-state index contributed by atoms with van der Waals surface area (Å²) in [6.45, 7) is 0. The van der Waals surface area contributed by atoms with Crippen LogP contribution in [0.2, 0.25) is 0 Å². The van der Waals surface area contributed by atoms with Crippen molar-refractivity contribution < 1.29 is 4.39 Å². The largest absolute Gasteiger partial charge is 0.266 e. The third-order valence-electron chi connectivity index (χ3n) is 4.09. The van der Waals surface area contributed by atoms with E-state index in [4.69, 9.17) is 12.2 Å². The fraction of sp³-hybridized carbons (Fsp3) is 0.167. The van der Waals surface area contributed by atoms with Gasteiger partial charge in [-0.2, -0.15) is 15.3 Å². The highest BCUT2D eigenvalue weighted by atomic mass is 32.1. The van der Waals surface area contributed by atoms with Crippen LogP contribution in [0.25, 0.3) is 11.0 Å². The normalized spacial score (nSPS) is 13.8. The van der Waals surface area contributed by atoms with Crippen molar-refractivity contribution in [1.29, 1.82) is 0 Å². The minimum absolute atomic E-state index is 0.245. The maximum absolute atomic E-state index is 13.0. The number of hydrogen-bond donors (Lipinski definition) is 0. The fourth-order valence-corrected chi connectivity index (χ4v) is 3.16. The number of nitrogens with zero attached hydrogens (tertiary/aromatic N) is 5. The number of rotatable bonds is 3. The molecule has 2 aromatic heterocycles. The van der Waals surface area contributed by atoms with Crippen LogP contribution in [0.5, 0.6) is 0 Å². The zero-order valence-electron chi connectivity index (χ0n) is 13.5. The predicted octanol–water partition coefficient (Wildman–Crippen LogP) is 3.63. The van der Waals surface area contributed by atoms with Gasteiger partial charge in [-0.1, -0.05) is 24.4 Å². The molecule has 3 heterocycles. The van der Waals surface area contributed by atoms with Crippen molar-refractivity contribution in [3.8, 4) is 0 Å². The molecule has 4 rings (SSSR count). The van der Waals surface area contributed by atoms with E-state index in [1.54, 1.807) is 23.0 Å². The third-order valence-corrected chi connectivity index (χ3v) is 4.48. The van der Waals surface area contributed by atoms with Crippen LogP contribution in [0, 0.1) is 10.3 Å². The Morgan fingerprint density at radius 2 is 1.96 bits per heavy atom. The lowest BCUT2D eigenvalue weighted by molar-refractivity contribution is 0.627. The molecule has 25 heavy (non-hydrogen) atoms. The Bertz CT molecular complexity index is 1080. The molecule has 5 nitrogen and oxygen atoms in total. The van der Waals surface area contributed by atoms with E-state index in [0.717, 1.165) is 28.0 Å². The molecular weight excluding hydrogens is 337 g/mol. The first kappa shape index (κ1) is 15.7. The first-order valence-corrected chi connectivity index (χ1v) is 8.22. The van der Waals surface area contributed by atoms with Gasteiger partial charge in [0, 0.05) is 26.1 Å². The van der Waals surface area contributed by atoms with E-state index in [9.17, 15) is 4.39 Å². The molecule has 0 bridgehead atoms. The van der Waals surface area contributed by atoms with Gasteiger partial charge in [-0.25, -0.2) is 4.39 Å². The molecule has 124 valence electrons. The van der Waals surface area contributed by atoms with Crippen LogP contribution in [0.3, 0.4) is 0 Å². The summed E-state index contributed by atoms with van der Waals surface area (Å²) in [5.41, 5.74) is 4.89. The maximum atomic E-state index is 13.0. The lowest BCUT2D eigenvalue weighted by Crippen LogP contribution is -2.13. The molecule has 0 radical (unpaired) electrons. The molecule has 0 amide bonds. The lowest BCUT2D eigenvalue weighted by atomic mass is 10.0. The van der Waals surface area contributed by atoms with Crippen molar-refractivity contribution >= 4 is 34.7 Å². The van der Waals surface area contributed by atoms with Crippen LogP contribution in [-0.2, 0) is 13.5 Å². The monoisotopic (exact) mass is 351 g/mol. The summed E-state index contributed by atoms with van der Waals surface area (Å²) in [4.78, 5) is 4.38. The molecule has 1 aromatic carbocycles. The quantitative estimate of drug-likeness (QED) is 0.677. The average molecular weight is 351 g/mol. The molecule has 0 saturated heterocycles. The van der Waals surface area contributed by atoms with Gasteiger partial charge in [0.15, 0.2) is 0 Å². The highest BCUT2D eigenvalue weighted by Gasteiger charge is 2.19. The van der Waals surface area contributed by atoms with Crippen molar-refractivity contribution in [2.24, 2.45) is 17.3 Å². The zero-order chi connectivity index (χ0) is 17.4. The Morgan fingerprint density at radius 3 is 2.76 bits per heavy atom. The molecular formula is C18H14FN5S. The highest BCUT2D eigenvalue weighted by Crippen LogP contribution is 2.19. The minimum Gasteiger partial charge on any atom is -0.266 e. The van der Waals surface area contributed by atoms with Crippen molar-refractivity contribution in [3.63, 3.8) is 0 Å². The second kappa shape index (κ2) is 6.25. The van der Waals surface area contributed by atoms with Crippen molar-refractivity contribution in [1.82, 2.24) is 14.8 Å². The van der Waals surface area contributed by atoms with E-state index in [1.807, 2.05) is 19.2 Å². The van der Waals surface area contributed by atoms with Gasteiger partial charge in [-0.15, -0.1) is 0 Å². The Morgan fingerprint density at radius 1 is 1.16 bits per heavy atom. The molecule has 0 spiro atoms. The number of aryl methyl sites for hydroxylation is 1. The first-order chi connectivity index (χ1) is 12.1. The maximum Gasteiger partial charge on any atom is 0.128 e. The van der Waals surface area contributed by atoms with Crippen LogP contribution in [0.4, 0.5) is 4.39 Å². The highest BCUT2D eigenvalue weighted by molar-refractivity contribution is 7.71. The van der Waals surface area contributed by atoms with E-state index in [-0.39, 0.29) is 5.82 Å². The molecule has 1 aliphatic heterocycles. The summed E-state index contributed by atoms with van der Waals surface area (Å²) in [6.07, 6.45) is 2.92. The van der Waals surface area contributed by atoms with Gasteiger partial charge >= 0.3 is 0 Å². The van der Waals surface area contributed by atoms with E-state index < -0.39 is 0 Å².